The summed E-state index contributed by atoms with van der Waals surface area (Å²) in [5.74, 6) is -0.0552. The van der Waals surface area contributed by atoms with E-state index in [2.05, 4.69) is 10.3 Å². The molecule has 1 amide bonds. The quantitative estimate of drug-likeness (QED) is 0.911. The number of fused-ring (bicyclic) bond motifs is 1. The fraction of sp³-hybridized carbons (Fsp3) is 0.385. The van der Waals surface area contributed by atoms with E-state index < -0.39 is 0 Å². The maximum atomic E-state index is 12.2. The first-order chi connectivity index (χ1) is 9.13. The molecule has 2 aromatic heterocycles. The molecule has 100 valence electrons. The number of nitrogens with zero attached hydrogens (tertiary/aromatic N) is 1. The molecule has 3 rings (SSSR count). The van der Waals surface area contributed by atoms with Gasteiger partial charge < -0.3 is 5.32 Å². The van der Waals surface area contributed by atoms with E-state index in [1.807, 2.05) is 6.92 Å². The van der Waals surface area contributed by atoms with Crippen LogP contribution < -0.4 is 5.32 Å². The van der Waals surface area contributed by atoms with Crippen LogP contribution in [0.5, 0.6) is 0 Å². The number of aryl methyl sites for hydroxylation is 2. The van der Waals surface area contributed by atoms with E-state index in [1.165, 1.54) is 16.2 Å². The van der Waals surface area contributed by atoms with Gasteiger partial charge in [-0.05, 0) is 38.3 Å². The van der Waals surface area contributed by atoms with Crippen molar-refractivity contribution in [2.24, 2.45) is 0 Å². The molecule has 0 aromatic carbocycles. The fourth-order valence-electron chi connectivity index (χ4n) is 2.35. The lowest BCUT2D eigenvalue weighted by molar-refractivity contribution is 0.0936. The fourth-order valence-corrected chi connectivity index (χ4v) is 4.33. The summed E-state index contributed by atoms with van der Waals surface area (Å²) in [5.41, 5.74) is 1.06. The molecule has 3 nitrogen and oxygen atoms in total. The molecule has 0 spiro atoms. The first kappa shape index (κ1) is 13.1. The van der Waals surface area contributed by atoms with E-state index in [9.17, 15) is 4.79 Å². The molecule has 0 saturated carbocycles. The third-order valence-corrected chi connectivity index (χ3v) is 5.44. The van der Waals surface area contributed by atoms with E-state index in [1.54, 1.807) is 23.5 Å². The highest BCUT2D eigenvalue weighted by Gasteiger charge is 2.26. The summed E-state index contributed by atoms with van der Waals surface area (Å²) < 4.78 is 0.638. The zero-order chi connectivity index (χ0) is 13.4. The van der Waals surface area contributed by atoms with Gasteiger partial charge >= 0.3 is 0 Å². The number of aromatic nitrogens is 1. The standard InChI is InChI=1S/C13H13ClN2OS2/c1-7-15-12-8(3-2-4-9(12)18-7)16-13(17)10-5-6-11(14)19-10/h5-6,8H,2-4H2,1H3,(H,16,17)/t8-/m0/s1. The average Bonchev–Trinajstić information content (AvgIpc) is 2.95. The minimum Gasteiger partial charge on any atom is -0.343 e. The molecule has 1 aliphatic rings. The van der Waals surface area contributed by atoms with Gasteiger partial charge in [0.25, 0.3) is 5.91 Å². The largest absolute Gasteiger partial charge is 0.343 e. The van der Waals surface area contributed by atoms with E-state index in [4.69, 9.17) is 11.6 Å². The van der Waals surface area contributed by atoms with Crippen molar-refractivity contribution in [1.82, 2.24) is 10.3 Å². The second kappa shape index (κ2) is 5.23. The number of thiophene rings is 1. The number of hydrogen-bond acceptors (Lipinski definition) is 4. The molecule has 1 N–H and O–H groups in total. The monoisotopic (exact) mass is 312 g/mol. The Morgan fingerprint density at radius 2 is 2.32 bits per heavy atom. The summed E-state index contributed by atoms with van der Waals surface area (Å²) in [5, 5.41) is 4.15. The summed E-state index contributed by atoms with van der Waals surface area (Å²) in [4.78, 5) is 18.7. The van der Waals surface area contributed by atoms with Gasteiger partial charge in [0, 0.05) is 4.88 Å². The summed E-state index contributed by atoms with van der Waals surface area (Å²) in [6.45, 7) is 2.01. The van der Waals surface area contributed by atoms with Crippen molar-refractivity contribution in [2.75, 3.05) is 0 Å². The van der Waals surface area contributed by atoms with Crippen LogP contribution in [-0.4, -0.2) is 10.9 Å². The van der Waals surface area contributed by atoms with Gasteiger partial charge in [0.15, 0.2) is 0 Å². The number of carbonyl (C=O) groups excluding carboxylic acids is 1. The van der Waals surface area contributed by atoms with Gasteiger partial charge in [0.2, 0.25) is 0 Å². The Balaban J connectivity index is 1.79. The van der Waals surface area contributed by atoms with Gasteiger partial charge in [0.05, 0.1) is 26.0 Å². The number of nitrogens with one attached hydrogen (secondary N) is 1. The molecular weight excluding hydrogens is 300 g/mol. The minimum atomic E-state index is -0.0552. The van der Waals surface area contributed by atoms with Crippen molar-refractivity contribution < 1.29 is 4.79 Å². The topological polar surface area (TPSA) is 42.0 Å². The van der Waals surface area contributed by atoms with Crippen molar-refractivity contribution in [2.45, 2.75) is 32.2 Å². The van der Waals surface area contributed by atoms with Crippen LogP contribution in [0.25, 0.3) is 0 Å². The van der Waals surface area contributed by atoms with Crippen LogP contribution in [-0.2, 0) is 6.42 Å². The van der Waals surface area contributed by atoms with E-state index in [0.29, 0.717) is 9.21 Å². The van der Waals surface area contributed by atoms with Crippen LogP contribution in [0.15, 0.2) is 12.1 Å². The zero-order valence-corrected chi connectivity index (χ0v) is 12.8. The number of halogens is 1. The van der Waals surface area contributed by atoms with Crippen molar-refractivity contribution in [3.05, 3.63) is 36.9 Å². The van der Waals surface area contributed by atoms with E-state index in [-0.39, 0.29) is 11.9 Å². The summed E-state index contributed by atoms with van der Waals surface area (Å²) in [6.07, 6.45) is 3.14. The lowest BCUT2D eigenvalue weighted by atomic mass is 9.97. The van der Waals surface area contributed by atoms with Crippen molar-refractivity contribution in [3.8, 4) is 0 Å². The number of rotatable bonds is 2. The van der Waals surface area contributed by atoms with Crippen LogP contribution in [0.4, 0.5) is 0 Å². The Morgan fingerprint density at radius 1 is 1.47 bits per heavy atom. The molecule has 0 aliphatic heterocycles. The van der Waals surface area contributed by atoms with Crippen molar-refractivity contribution >= 4 is 40.2 Å². The van der Waals surface area contributed by atoms with Gasteiger partial charge in [-0.25, -0.2) is 4.98 Å². The lowest BCUT2D eigenvalue weighted by Gasteiger charge is -2.22. The Kier molecular flexibility index (Phi) is 3.60. The molecule has 0 fully saturated rings. The normalized spacial score (nSPS) is 18.1. The molecule has 6 heteroatoms. The molecule has 19 heavy (non-hydrogen) atoms. The Bertz CT molecular complexity index is 620. The van der Waals surface area contributed by atoms with Gasteiger partial charge in [0.1, 0.15) is 0 Å². The highest BCUT2D eigenvalue weighted by Crippen LogP contribution is 2.33. The van der Waals surface area contributed by atoms with Gasteiger partial charge in [-0.15, -0.1) is 22.7 Å². The molecular formula is C13H13ClN2OS2. The summed E-state index contributed by atoms with van der Waals surface area (Å²) in [6, 6.07) is 3.56. The smallest absolute Gasteiger partial charge is 0.261 e. The van der Waals surface area contributed by atoms with Gasteiger partial charge in [-0.1, -0.05) is 11.6 Å². The minimum absolute atomic E-state index is 0.0436. The molecule has 0 bridgehead atoms. The number of carbonyl (C=O) groups is 1. The maximum absolute atomic E-state index is 12.2. The molecule has 0 radical (unpaired) electrons. The van der Waals surface area contributed by atoms with Crippen LogP contribution >= 0.6 is 34.3 Å². The predicted molar refractivity (Wildman–Crippen MR) is 79.3 cm³/mol. The highest BCUT2D eigenvalue weighted by atomic mass is 35.5. The van der Waals surface area contributed by atoms with E-state index >= 15 is 0 Å². The molecule has 1 atom stereocenters. The number of thiazole rings is 1. The summed E-state index contributed by atoms with van der Waals surface area (Å²) >= 11 is 8.91. The predicted octanol–water partition coefficient (Wildman–Crippen LogP) is 3.97. The van der Waals surface area contributed by atoms with Gasteiger partial charge in [-0.2, -0.15) is 0 Å². The van der Waals surface area contributed by atoms with Crippen LogP contribution in [0.3, 0.4) is 0 Å². The first-order valence-corrected chi connectivity index (χ1v) is 8.17. The molecule has 2 aromatic rings. The Hall–Kier alpha value is -0.910. The summed E-state index contributed by atoms with van der Waals surface area (Å²) in [7, 11) is 0. The second-order valence-corrected chi connectivity index (χ2v) is 7.57. The third kappa shape index (κ3) is 2.68. The van der Waals surface area contributed by atoms with Crippen LogP contribution in [0.2, 0.25) is 4.34 Å². The number of amides is 1. The van der Waals surface area contributed by atoms with Crippen molar-refractivity contribution in [3.63, 3.8) is 0 Å². The van der Waals surface area contributed by atoms with Crippen LogP contribution in [0.1, 0.15) is 44.1 Å². The number of hydrogen-bond donors (Lipinski definition) is 1. The lowest BCUT2D eigenvalue weighted by Crippen LogP contribution is -2.30. The SMILES string of the molecule is Cc1nc2c(s1)CCC[C@@H]2NC(=O)c1ccc(Cl)s1. The molecule has 2 heterocycles. The second-order valence-electron chi connectivity index (χ2n) is 4.56. The Labute approximate surface area is 124 Å². The molecule has 1 aliphatic carbocycles. The van der Waals surface area contributed by atoms with E-state index in [0.717, 1.165) is 30.0 Å². The van der Waals surface area contributed by atoms with Gasteiger partial charge in [-0.3, -0.25) is 4.79 Å². The van der Waals surface area contributed by atoms with Crippen LogP contribution in [0, 0.1) is 6.92 Å². The molecule has 0 unspecified atom stereocenters. The third-order valence-electron chi connectivity index (χ3n) is 3.16. The molecule has 0 saturated heterocycles. The Morgan fingerprint density at radius 3 is 3.05 bits per heavy atom. The highest BCUT2D eigenvalue weighted by molar-refractivity contribution is 7.18. The van der Waals surface area contributed by atoms with Crippen molar-refractivity contribution in [1.29, 1.82) is 0 Å². The average molecular weight is 313 g/mol. The zero-order valence-electron chi connectivity index (χ0n) is 10.4. The maximum Gasteiger partial charge on any atom is 0.261 e. The first-order valence-electron chi connectivity index (χ1n) is 6.16.